The van der Waals surface area contributed by atoms with Gasteiger partial charge in [-0.1, -0.05) is 35.9 Å². The lowest BCUT2D eigenvalue weighted by atomic mass is 10.3. The summed E-state index contributed by atoms with van der Waals surface area (Å²) in [5, 5.41) is 2.94. The second-order valence-electron chi connectivity index (χ2n) is 4.66. The number of halogens is 1. The van der Waals surface area contributed by atoms with Gasteiger partial charge in [0.2, 0.25) is 15.9 Å². The predicted molar refractivity (Wildman–Crippen MR) is 86.3 cm³/mol. The van der Waals surface area contributed by atoms with Crippen LogP contribution in [0.15, 0.2) is 59.5 Å². The minimum absolute atomic E-state index is 0.0133. The highest BCUT2D eigenvalue weighted by Gasteiger charge is 2.22. The van der Waals surface area contributed by atoms with E-state index in [-0.39, 0.29) is 4.90 Å². The average molecular weight is 339 g/mol. The minimum atomic E-state index is -3.81. The van der Waals surface area contributed by atoms with E-state index >= 15 is 0 Å². The van der Waals surface area contributed by atoms with Gasteiger partial charge in [0.25, 0.3) is 0 Å². The molecule has 0 aliphatic heterocycles. The lowest BCUT2D eigenvalue weighted by Crippen LogP contribution is -2.41. The van der Waals surface area contributed by atoms with Gasteiger partial charge in [0.05, 0.1) is 10.9 Å². The lowest BCUT2D eigenvalue weighted by molar-refractivity contribution is -0.117. The molecule has 5 nitrogen and oxygen atoms in total. The molecule has 2 rings (SSSR count). The molecular formula is C15H15ClN2O3S. The Morgan fingerprint density at radius 3 is 2.41 bits per heavy atom. The van der Waals surface area contributed by atoms with Gasteiger partial charge in [0.1, 0.15) is 0 Å². The summed E-state index contributed by atoms with van der Waals surface area (Å²) in [6, 6.07) is 13.7. The second kappa shape index (κ2) is 6.91. The molecule has 0 aliphatic rings. The molecule has 0 heterocycles. The molecule has 0 bridgehead atoms. The van der Waals surface area contributed by atoms with Crippen LogP contribution in [0.3, 0.4) is 0 Å². The topological polar surface area (TPSA) is 75.3 Å². The zero-order valence-corrected chi connectivity index (χ0v) is 13.4. The number of benzene rings is 2. The van der Waals surface area contributed by atoms with Gasteiger partial charge in [0.15, 0.2) is 0 Å². The van der Waals surface area contributed by atoms with Crippen LogP contribution in [0.5, 0.6) is 0 Å². The van der Waals surface area contributed by atoms with Gasteiger partial charge in [-0.05, 0) is 37.3 Å². The summed E-state index contributed by atoms with van der Waals surface area (Å²) < 4.78 is 26.7. The molecule has 1 atom stereocenters. The number of hydrogen-bond donors (Lipinski definition) is 2. The first-order valence-corrected chi connectivity index (χ1v) is 8.38. The summed E-state index contributed by atoms with van der Waals surface area (Å²) >= 11 is 5.79. The molecule has 0 spiro atoms. The first-order valence-electron chi connectivity index (χ1n) is 6.52. The van der Waals surface area contributed by atoms with Crippen molar-refractivity contribution in [3.63, 3.8) is 0 Å². The maximum atomic E-state index is 12.2. The van der Waals surface area contributed by atoms with E-state index in [9.17, 15) is 13.2 Å². The van der Waals surface area contributed by atoms with E-state index in [0.29, 0.717) is 10.7 Å². The highest BCUT2D eigenvalue weighted by atomic mass is 35.5. The van der Waals surface area contributed by atoms with Gasteiger partial charge < -0.3 is 5.32 Å². The van der Waals surface area contributed by atoms with Crippen molar-refractivity contribution < 1.29 is 13.2 Å². The highest BCUT2D eigenvalue weighted by molar-refractivity contribution is 7.89. The van der Waals surface area contributed by atoms with Gasteiger partial charge in [0, 0.05) is 10.7 Å². The molecule has 0 saturated carbocycles. The maximum absolute atomic E-state index is 12.2. The molecule has 0 radical (unpaired) electrons. The molecule has 2 aromatic rings. The Morgan fingerprint density at radius 1 is 1.09 bits per heavy atom. The van der Waals surface area contributed by atoms with E-state index in [0.717, 1.165) is 0 Å². The molecule has 0 aromatic heterocycles. The number of amides is 1. The van der Waals surface area contributed by atoms with Crippen LogP contribution in [0.4, 0.5) is 5.69 Å². The first-order chi connectivity index (χ1) is 10.4. The fourth-order valence-electron chi connectivity index (χ4n) is 1.76. The van der Waals surface area contributed by atoms with Crippen LogP contribution in [0.25, 0.3) is 0 Å². The first kappa shape index (κ1) is 16.5. The normalized spacial score (nSPS) is 12.6. The summed E-state index contributed by atoms with van der Waals surface area (Å²) in [5.41, 5.74) is 0.598. The van der Waals surface area contributed by atoms with Gasteiger partial charge in [-0.15, -0.1) is 0 Å². The number of hydrogen-bond acceptors (Lipinski definition) is 3. The molecule has 22 heavy (non-hydrogen) atoms. The van der Waals surface area contributed by atoms with Crippen molar-refractivity contribution in [2.75, 3.05) is 5.32 Å². The number of anilines is 1. The molecule has 2 aromatic carbocycles. The molecular weight excluding hydrogens is 324 g/mol. The SMILES string of the molecule is CC(NS(=O)(=O)c1cccc(Cl)c1)C(=O)Nc1ccccc1. The van der Waals surface area contributed by atoms with Crippen LogP contribution in [0.1, 0.15) is 6.92 Å². The van der Waals surface area contributed by atoms with Crippen LogP contribution >= 0.6 is 11.6 Å². The summed E-state index contributed by atoms with van der Waals surface area (Å²) in [6.45, 7) is 1.47. The van der Waals surface area contributed by atoms with Crippen LogP contribution in [-0.4, -0.2) is 20.4 Å². The number of carbonyl (C=O) groups excluding carboxylic acids is 1. The number of sulfonamides is 1. The molecule has 1 amide bonds. The van der Waals surface area contributed by atoms with Crippen molar-refractivity contribution in [2.24, 2.45) is 0 Å². The van der Waals surface area contributed by atoms with Crippen molar-refractivity contribution in [3.05, 3.63) is 59.6 Å². The fourth-order valence-corrected chi connectivity index (χ4v) is 3.26. The zero-order chi connectivity index (χ0) is 16.2. The van der Waals surface area contributed by atoms with E-state index in [2.05, 4.69) is 10.0 Å². The van der Waals surface area contributed by atoms with Crippen molar-refractivity contribution >= 4 is 33.2 Å². The van der Waals surface area contributed by atoms with Gasteiger partial charge >= 0.3 is 0 Å². The summed E-state index contributed by atoms with van der Waals surface area (Å²) in [6.07, 6.45) is 0. The van der Waals surface area contributed by atoms with Crippen molar-refractivity contribution in [1.82, 2.24) is 4.72 Å². The molecule has 7 heteroatoms. The quantitative estimate of drug-likeness (QED) is 0.880. The zero-order valence-electron chi connectivity index (χ0n) is 11.8. The van der Waals surface area contributed by atoms with E-state index < -0.39 is 22.0 Å². The molecule has 2 N–H and O–H groups in total. The van der Waals surface area contributed by atoms with Crippen LogP contribution in [0.2, 0.25) is 5.02 Å². The third-order valence-electron chi connectivity index (χ3n) is 2.87. The minimum Gasteiger partial charge on any atom is -0.325 e. The molecule has 0 saturated heterocycles. The van der Waals surface area contributed by atoms with Crippen LogP contribution < -0.4 is 10.0 Å². The molecule has 0 aliphatic carbocycles. The number of para-hydroxylation sites is 1. The third-order valence-corrected chi connectivity index (χ3v) is 4.65. The Labute approximate surface area is 134 Å². The lowest BCUT2D eigenvalue weighted by Gasteiger charge is -2.14. The van der Waals surface area contributed by atoms with Gasteiger partial charge in [-0.3, -0.25) is 4.79 Å². The Bertz CT molecular complexity index is 763. The smallest absolute Gasteiger partial charge is 0.242 e. The molecule has 116 valence electrons. The predicted octanol–water partition coefficient (Wildman–Crippen LogP) is 2.65. The second-order valence-corrected chi connectivity index (χ2v) is 6.81. The van der Waals surface area contributed by atoms with Crippen molar-refractivity contribution in [1.29, 1.82) is 0 Å². The van der Waals surface area contributed by atoms with E-state index in [1.807, 2.05) is 6.07 Å². The molecule has 1 unspecified atom stereocenters. The number of rotatable bonds is 5. The van der Waals surface area contributed by atoms with Crippen molar-refractivity contribution in [2.45, 2.75) is 17.9 Å². The summed E-state index contributed by atoms with van der Waals surface area (Å²) in [7, 11) is -3.81. The highest BCUT2D eigenvalue weighted by Crippen LogP contribution is 2.15. The van der Waals surface area contributed by atoms with E-state index in [1.54, 1.807) is 30.3 Å². The van der Waals surface area contributed by atoms with Gasteiger partial charge in [-0.2, -0.15) is 4.72 Å². The van der Waals surface area contributed by atoms with Crippen LogP contribution in [-0.2, 0) is 14.8 Å². The largest absolute Gasteiger partial charge is 0.325 e. The Hall–Kier alpha value is -1.89. The van der Waals surface area contributed by atoms with Gasteiger partial charge in [-0.25, -0.2) is 8.42 Å². The molecule has 0 fully saturated rings. The Balaban J connectivity index is 2.07. The van der Waals surface area contributed by atoms with Crippen molar-refractivity contribution in [3.8, 4) is 0 Å². The fraction of sp³-hybridized carbons (Fsp3) is 0.133. The van der Waals surface area contributed by atoms with E-state index in [4.69, 9.17) is 11.6 Å². The average Bonchev–Trinajstić information content (AvgIpc) is 2.48. The van der Waals surface area contributed by atoms with E-state index in [1.165, 1.54) is 25.1 Å². The maximum Gasteiger partial charge on any atom is 0.242 e. The Morgan fingerprint density at radius 2 is 1.77 bits per heavy atom. The summed E-state index contributed by atoms with van der Waals surface area (Å²) in [4.78, 5) is 12.0. The number of nitrogens with one attached hydrogen (secondary N) is 2. The summed E-state index contributed by atoms with van der Waals surface area (Å²) in [5.74, 6) is -0.447. The number of carbonyl (C=O) groups is 1. The van der Waals surface area contributed by atoms with Crippen LogP contribution in [0, 0.1) is 0 Å². The monoisotopic (exact) mass is 338 g/mol. The Kier molecular flexibility index (Phi) is 5.18. The third kappa shape index (κ3) is 4.30. The standard InChI is InChI=1S/C15H15ClN2O3S/c1-11(15(19)17-13-7-3-2-4-8-13)18-22(20,21)14-9-5-6-12(16)10-14/h2-11,18H,1H3,(H,17,19).